The van der Waals surface area contributed by atoms with Gasteiger partial charge in [0.25, 0.3) is 0 Å². The molecule has 2 aliphatic rings. The Morgan fingerprint density at radius 3 is 2.61 bits per heavy atom. The first kappa shape index (κ1) is 21.0. The highest BCUT2D eigenvalue weighted by Gasteiger charge is 2.51. The zero-order chi connectivity index (χ0) is 23.2. The van der Waals surface area contributed by atoms with Gasteiger partial charge in [0.15, 0.2) is 5.84 Å². The Labute approximate surface area is 192 Å². The molecule has 3 aromatic rings. The fraction of sp³-hybridized carbons (Fsp3) is 0.231. The summed E-state index contributed by atoms with van der Waals surface area (Å²) in [5, 5.41) is 13.9. The third kappa shape index (κ3) is 3.40. The predicted molar refractivity (Wildman–Crippen MR) is 129 cm³/mol. The van der Waals surface area contributed by atoms with E-state index >= 15 is 0 Å². The molecule has 0 amide bonds. The van der Waals surface area contributed by atoms with Crippen LogP contribution in [0.25, 0.3) is 0 Å². The van der Waals surface area contributed by atoms with E-state index in [4.69, 9.17) is 4.99 Å². The lowest BCUT2D eigenvalue weighted by atomic mass is 9.84. The lowest BCUT2D eigenvalue weighted by Gasteiger charge is -2.43. The molecule has 168 valence electrons. The van der Waals surface area contributed by atoms with Crippen LogP contribution in [-0.4, -0.2) is 37.6 Å². The van der Waals surface area contributed by atoms with Crippen LogP contribution < -0.4 is 15.1 Å². The summed E-state index contributed by atoms with van der Waals surface area (Å²) in [6, 6.07) is 19.2. The second-order valence-corrected chi connectivity index (χ2v) is 8.60. The van der Waals surface area contributed by atoms with E-state index in [9.17, 15) is 14.3 Å². The number of nitrogens with one attached hydrogen (secondary N) is 1. The van der Waals surface area contributed by atoms with Crippen molar-refractivity contribution >= 4 is 34.6 Å². The van der Waals surface area contributed by atoms with E-state index in [0.717, 1.165) is 29.8 Å². The monoisotopic (exact) mass is 444 g/mol. The molecule has 0 spiro atoms. The second-order valence-electron chi connectivity index (χ2n) is 8.60. The zero-order valence-corrected chi connectivity index (χ0v) is 18.5. The molecule has 0 bridgehead atoms. The molecular formula is C26H25FN4O2. The Hall–Kier alpha value is -3.87. The quantitative estimate of drug-likeness (QED) is 0.609. The number of carboxylic acids is 1. The molecule has 0 saturated heterocycles. The molecule has 2 N–H and O–H groups in total. The molecule has 0 saturated carbocycles. The molecule has 2 aliphatic heterocycles. The largest absolute Gasteiger partial charge is 0.479 e. The Bertz CT molecular complexity index is 1260. The number of hydrogen-bond acceptors (Lipinski definition) is 5. The molecule has 33 heavy (non-hydrogen) atoms. The predicted octanol–water partition coefficient (Wildman–Crippen LogP) is 4.78. The number of aliphatic carboxylic acids is 1. The number of hydrogen-bond donors (Lipinski definition) is 2. The number of nitrogens with zero attached hydrogens (tertiary/aromatic N) is 3. The summed E-state index contributed by atoms with van der Waals surface area (Å²) < 4.78 is 13.8. The SMILES string of the molecule is CN(C)c1ccc2c(c1)CCCN2C1=Nc2ccccc2NC1(C(=O)O)c1ccc(F)cc1. The maximum atomic E-state index is 13.8. The van der Waals surface area contributed by atoms with E-state index in [-0.39, 0.29) is 0 Å². The number of anilines is 3. The summed E-state index contributed by atoms with van der Waals surface area (Å²) in [4.78, 5) is 22.0. The maximum Gasteiger partial charge on any atom is 0.342 e. The average molecular weight is 445 g/mol. The van der Waals surface area contributed by atoms with E-state index in [1.165, 1.54) is 24.3 Å². The Morgan fingerprint density at radius 1 is 1.12 bits per heavy atom. The molecule has 0 aromatic heterocycles. The van der Waals surface area contributed by atoms with E-state index < -0.39 is 17.3 Å². The van der Waals surface area contributed by atoms with Crippen LogP contribution in [0.2, 0.25) is 0 Å². The zero-order valence-electron chi connectivity index (χ0n) is 18.5. The van der Waals surface area contributed by atoms with Crippen molar-refractivity contribution in [1.82, 2.24) is 0 Å². The Balaban J connectivity index is 1.74. The van der Waals surface area contributed by atoms with Crippen LogP contribution in [0, 0.1) is 5.82 Å². The number of benzene rings is 3. The van der Waals surface area contributed by atoms with Crippen molar-refractivity contribution < 1.29 is 14.3 Å². The number of halogens is 1. The number of aryl methyl sites for hydroxylation is 1. The van der Waals surface area contributed by atoms with Crippen LogP contribution in [0.15, 0.2) is 71.7 Å². The number of carboxylic acid groups (broad SMARTS) is 1. The molecular weight excluding hydrogens is 419 g/mol. The highest BCUT2D eigenvalue weighted by atomic mass is 19.1. The van der Waals surface area contributed by atoms with Crippen LogP contribution in [-0.2, 0) is 16.8 Å². The summed E-state index contributed by atoms with van der Waals surface area (Å²) in [6.45, 7) is 0.632. The van der Waals surface area contributed by atoms with Crippen molar-refractivity contribution in [3.05, 3.63) is 83.7 Å². The molecule has 6 nitrogen and oxygen atoms in total. The topological polar surface area (TPSA) is 68.2 Å². The smallest absolute Gasteiger partial charge is 0.342 e. The molecule has 0 aliphatic carbocycles. The van der Waals surface area contributed by atoms with Gasteiger partial charge >= 0.3 is 5.97 Å². The van der Waals surface area contributed by atoms with Gasteiger partial charge in [0, 0.05) is 32.0 Å². The normalized spacial score (nSPS) is 19.1. The minimum Gasteiger partial charge on any atom is -0.479 e. The lowest BCUT2D eigenvalue weighted by Crippen LogP contribution is -2.59. The third-order valence-corrected chi connectivity index (χ3v) is 6.34. The molecule has 1 unspecified atom stereocenters. The number of aliphatic imine (C=N–C) groups is 1. The fourth-order valence-electron chi connectivity index (χ4n) is 4.65. The molecule has 1 atom stereocenters. The minimum absolute atomic E-state index is 0.374. The first-order valence-corrected chi connectivity index (χ1v) is 10.9. The van der Waals surface area contributed by atoms with Crippen molar-refractivity contribution in [3.63, 3.8) is 0 Å². The highest BCUT2D eigenvalue weighted by Crippen LogP contribution is 2.43. The van der Waals surface area contributed by atoms with Crippen molar-refractivity contribution in [3.8, 4) is 0 Å². The molecule has 0 radical (unpaired) electrons. The van der Waals surface area contributed by atoms with Gasteiger partial charge in [-0.2, -0.15) is 0 Å². The second kappa shape index (κ2) is 7.92. The number of rotatable bonds is 3. The van der Waals surface area contributed by atoms with Gasteiger partial charge in [0.1, 0.15) is 5.82 Å². The number of para-hydroxylation sites is 2. The minimum atomic E-state index is -1.67. The fourth-order valence-corrected chi connectivity index (χ4v) is 4.65. The first-order valence-electron chi connectivity index (χ1n) is 10.9. The summed E-state index contributed by atoms with van der Waals surface area (Å²) in [7, 11) is 4.00. The summed E-state index contributed by atoms with van der Waals surface area (Å²) >= 11 is 0. The third-order valence-electron chi connectivity index (χ3n) is 6.34. The van der Waals surface area contributed by atoms with Crippen LogP contribution in [0.5, 0.6) is 0 Å². The van der Waals surface area contributed by atoms with Crippen molar-refractivity contribution in [2.45, 2.75) is 18.4 Å². The number of fused-ring (bicyclic) bond motifs is 2. The van der Waals surface area contributed by atoms with E-state index in [2.05, 4.69) is 16.3 Å². The molecule has 3 aromatic carbocycles. The molecule has 5 rings (SSSR count). The van der Waals surface area contributed by atoms with Crippen molar-refractivity contribution in [1.29, 1.82) is 0 Å². The van der Waals surface area contributed by atoms with Gasteiger partial charge < -0.3 is 20.2 Å². The molecule has 7 heteroatoms. The van der Waals surface area contributed by atoms with E-state index in [1.54, 1.807) is 0 Å². The summed E-state index contributed by atoms with van der Waals surface area (Å²) in [6.07, 6.45) is 1.77. The van der Waals surface area contributed by atoms with Crippen LogP contribution in [0.3, 0.4) is 0 Å². The van der Waals surface area contributed by atoms with Gasteiger partial charge in [-0.25, -0.2) is 14.2 Å². The van der Waals surface area contributed by atoms with Crippen molar-refractivity contribution in [2.75, 3.05) is 35.8 Å². The molecule has 0 fully saturated rings. The Kier molecular flexibility index (Phi) is 5.04. The maximum absolute atomic E-state index is 13.8. The van der Waals surface area contributed by atoms with Gasteiger partial charge in [0.05, 0.1) is 11.4 Å². The standard InChI is InChI=1S/C26H25FN4O2/c1-30(2)20-13-14-23-17(16-20)6-5-15-31(23)24-26(25(32)33,18-9-11-19(27)12-10-18)29-22-8-4-3-7-21(22)28-24/h3-4,7-14,16,29H,5-6,15H2,1-2H3,(H,32,33). The van der Waals surface area contributed by atoms with Crippen LogP contribution in [0.4, 0.5) is 27.1 Å². The lowest BCUT2D eigenvalue weighted by molar-refractivity contribution is -0.140. The highest BCUT2D eigenvalue weighted by molar-refractivity contribution is 6.21. The van der Waals surface area contributed by atoms with Gasteiger partial charge in [-0.1, -0.05) is 24.3 Å². The summed E-state index contributed by atoms with van der Waals surface area (Å²) in [5.74, 6) is -1.15. The van der Waals surface area contributed by atoms with Gasteiger partial charge in [0.2, 0.25) is 5.54 Å². The van der Waals surface area contributed by atoms with Gasteiger partial charge in [-0.15, -0.1) is 0 Å². The summed E-state index contributed by atoms with van der Waals surface area (Å²) in [5.41, 5.74) is 3.22. The van der Waals surface area contributed by atoms with E-state index in [0.29, 0.717) is 29.3 Å². The Morgan fingerprint density at radius 2 is 1.88 bits per heavy atom. The van der Waals surface area contributed by atoms with Crippen LogP contribution in [0.1, 0.15) is 17.5 Å². The van der Waals surface area contributed by atoms with Gasteiger partial charge in [-0.05, 0) is 66.4 Å². The van der Waals surface area contributed by atoms with Gasteiger partial charge in [-0.3, -0.25) is 0 Å². The average Bonchev–Trinajstić information content (AvgIpc) is 2.82. The van der Waals surface area contributed by atoms with Crippen molar-refractivity contribution in [2.24, 2.45) is 4.99 Å². The number of amidine groups is 1. The van der Waals surface area contributed by atoms with E-state index in [1.807, 2.05) is 55.4 Å². The van der Waals surface area contributed by atoms with Crippen LogP contribution >= 0.6 is 0 Å². The molecule has 2 heterocycles. The first-order chi connectivity index (χ1) is 15.9. The number of carbonyl (C=O) groups is 1.